The predicted octanol–water partition coefficient (Wildman–Crippen LogP) is 3.45. The lowest BCUT2D eigenvalue weighted by atomic mass is 10.1. The van der Waals surface area contributed by atoms with Gasteiger partial charge in [-0.15, -0.1) is 0 Å². The number of unbranched alkanes of at least 4 members (excludes halogenated alkanes) is 6. The second kappa shape index (κ2) is 13.0. The Labute approximate surface area is 102 Å². The summed E-state index contributed by atoms with van der Waals surface area (Å²) in [7, 11) is 0. The first-order chi connectivity index (χ1) is 7.81. The van der Waals surface area contributed by atoms with E-state index in [0.717, 1.165) is 13.1 Å². The standard InChI is InChI=1S/C14H32N2/c1-3-5-7-9-11-14(15)13-16-12-10-8-6-4-2/h14,16H,3-13,15H2,1-2H3. The maximum Gasteiger partial charge on any atom is 0.0165 e. The van der Waals surface area contributed by atoms with Crippen molar-refractivity contribution in [3.05, 3.63) is 0 Å². The smallest absolute Gasteiger partial charge is 0.0165 e. The lowest BCUT2D eigenvalue weighted by Gasteiger charge is -2.12. The summed E-state index contributed by atoms with van der Waals surface area (Å²) in [6, 6.07) is 0.364. The van der Waals surface area contributed by atoms with Gasteiger partial charge in [-0.1, -0.05) is 58.8 Å². The molecule has 0 aromatic rings. The Morgan fingerprint density at radius 2 is 1.50 bits per heavy atom. The van der Waals surface area contributed by atoms with Gasteiger partial charge in [0.1, 0.15) is 0 Å². The number of rotatable bonds is 12. The molecular formula is C14H32N2. The third-order valence-corrected chi connectivity index (χ3v) is 3.04. The zero-order valence-corrected chi connectivity index (χ0v) is 11.4. The molecule has 0 aliphatic rings. The summed E-state index contributed by atoms with van der Waals surface area (Å²) in [4.78, 5) is 0. The lowest BCUT2D eigenvalue weighted by Crippen LogP contribution is -2.34. The van der Waals surface area contributed by atoms with E-state index in [-0.39, 0.29) is 0 Å². The van der Waals surface area contributed by atoms with Gasteiger partial charge < -0.3 is 11.1 Å². The first-order valence-corrected chi connectivity index (χ1v) is 7.27. The van der Waals surface area contributed by atoms with E-state index in [4.69, 9.17) is 5.73 Å². The molecule has 0 aromatic carbocycles. The Balaban J connectivity index is 3.08. The molecule has 0 fully saturated rings. The fourth-order valence-electron chi connectivity index (χ4n) is 1.90. The topological polar surface area (TPSA) is 38.0 Å². The third-order valence-electron chi connectivity index (χ3n) is 3.04. The molecule has 98 valence electrons. The van der Waals surface area contributed by atoms with Crippen LogP contribution < -0.4 is 11.1 Å². The van der Waals surface area contributed by atoms with E-state index in [0.29, 0.717) is 6.04 Å². The second-order valence-corrected chi connectivity index (χ2v) is 4.87. The molecule has 0 aliphatic heterocycles. The van der Waals surface area contributed by atoms with Crippen molar-refractivity contribution >= 4 is 0 Å². The molecule has 0 aromatic heterocycles. The molecule has 0 heterocycles. The summed E-state index contributed by atoms with van der Waals surface area (Å²) in [5.41, 5.74) is 6.03. The second-order valence-electron chi connectivity index (χ2n) is 4.87. The molecule has 2 nitrogen and oxygen atoms in total. The van der Waals surface area contributed by atoms with Crippen LogP contribution in [0.4, 0.5) is 0 Å². The van der Waals surface area contributed by atoms with Crippen molar-refractivity contribution in [2.45, 2.75) is 77.7 Å². The Kier molecular flexibility index (Phi) is 12.9. The van der Waals surface area contributed by atoms with Gasteiger partial charge in [-0.2, -0.15) is 0 Å². The molecule has 0 saturated heterocycles. The predicted molar refractivity (Wildman–Crippen MR) is 73.7 cm³/mol. The Morgan fingerprint density at radius 3 is 2.12 bits per heavy atom. The van der Waals surface area contributed by atoms with Crippen LogP contribution in [0.15, 0.2) is 0 Å². The normalized spacial score (nSPS) is 12.9. The fourth-order valence-corrected chi connectivity index (χ4v) is 1.90. The zero-order valence-electron chi connectivity index (χ0n) is 11.4. The van der Waals surface area contributed by atoms with Crippen LogP contribution in [0, 0.1) is 0 Å². The van der Waals surface area contributed by atoms with Gasteiger partial charge in [0, 0.05) is 12.6 Å². The van der Waals surface area contributed by atoms with Gasteiger partial charge in [-0.3, -0.25) is 0 Å². The lowest BCUT2D eigenvalue weighted by molar-refractivity contribution is 0.500. The van der Waals surface area contributed by atoms with E-state index in [1.165, 1.54) is 57.8 Å². The van der Waals surface area contributed by atoms with Gasteiger partial charge in [-0.25, -0.2) is 0 Å². The summed E-state index contributed by atoms with van der Waals surface area (Å²) in [5.74, 6) is 0. The van der Waals surface area contributed by atoms with Crippen molar-refractivity contribution in [2.75, 3.05) is 13.1 Å². The maximum atomic E-state index is 6.03. The van der Waals surface area contributed by atoms with Crippen LogP contribution in [0.1, 0.15) is 71.6 Å². The van der Waals surface area contributed by atoms with Gasteiger partial charge in [0.05, 0.1) is 0 Å². The SMILES string of the molecule is CCCCCCNCC(N)CCCCCC. The van der Waals surface area contributed by atoms with Gasteiger partial charge in [-0.05, 0) is 19.4 Å². The molecule has 1 unspecified atom stereocenters. The molecule has 0 amide bonds. The van der Waals surface area contributed by atoms with Crippen LogP contribution in [0.2, 0.25) is 0 Å². The van der Waals surface area contributed by atoms with Crippen molar-refractivity contribution in [3.8, 4) is 0 Å². The molecule has 0 aliphatic carbocycles. The summed E-state index contributed by atoms with van der Waals surface area (Å²) in [6.07, 6.45) is 11.8. The van der Waals surface area contributed by atoms with E-state index in [2.05, 4.69) is 19.2 Å². The molecule has 0 bridgehead atoms. The average Bonchev–Trinajstić information content (AvgIpc) is 2.29. The molecule has 0 radical (unpaired) electrons. The molecule has 3 N–H and O–H groups in total. The molecular weight excluding hydrogens is 196 g/mol. The molecule has 0 saturated carbocycles. The summed E-state index contributed by atoms with van der Waals surface area (Å²) in [6.45, 7) is 6.64. The van der Waals surface area contributed by atoms with Crippen LogP contribution in [0.3, 0.4) is 0 Å². The number of nitrogens with one attached hydrogen (secondary N) is 1. The van der Waals surface area contributed by atoms with Gasteiger partial charge in [0.25, 0.3) is 0 Å². The van der Waals surface area contributed by atoms with E-state index in [1.54, 1.807) is 0 Å². The number of hydrogen-bond acceptors (Lipinski definition) is 2. The highest BCUT2D eigenvalue weighted by atomic mass is 14.9. The first kappa shape index (κ1) is 15.9. The minimum absolute atomic E-state index is 0.364. The van der Waals surface area contributed by atoms with Gasteiger partial charge in [0.15, 0.2) is 0 Å². The van der Waals surface area contributed by atoms with Crippen molar-refractivity contribution < 1.29 is 0 Å². The van der Waals surface area contributed by atoms with Gasteiger partial charge in [0.2, 0.25) is 0 Å². The summed E-state index contributed by atoms with van der Waals surface area (Å²) < 4.78 is 0. The molecule has 16 heavy (non-hydrogen) atoms. The third kappa shape index (κ3) is 12.0. The van der Waals surface area contributed by atoms with Crippen molar-refractivity contribution in [1.29, 1.82) is 0 Å². The van der Waals surface area contributed by atoms with Crippen LogP contribution in [0.25, 0.3) is 0 Å². The minimum Gasteiger partial charge on any atom is -0.327 e. The van der Waals surface area contributed by atoms with E-state index in [1.807, 2.05) is 0 Å². The summed E-state index contributed by atoms with van der Waals surface area (Å²) in [5, 5.41) is 3.46. The zero-order chi connectivity index (χ0) is 12.1. The van der Waals surface area contributed by atoms with Crippen molar-refractivity contribution in [3.63, 3.8) is 0 Å². The van der Waals surface area contributed by atoms with Crippen LogP contribution in [-0.2, 0) is 0 Å². The quantitative estimate of drug-likeness (QED) is 0.502. The first-order valence-electron chi connectivity index (χ1n) is 7.27. The molecule has 0 spiro atoms. The minimum atomic E-state index is 0.364. The van der Waals surface area contributed by atoms with E-state index < -0.39 is 0 Å². The Morgan fingerprint density at radius 1 is 0.875 bits per heavy atom. The highest BCUT2D eigenvalue weighted by molar-refractivity contribution is 4.64. The van der Waals surface area contributed by atoms with E-state index in [9.17, 15) is 0 Å². The van der Waals surface area contributed by atoms with E-state index >= 15 is 0 Å². The summed E-state index contributed by atoms with van der Waals surface area (Å²) >= 11 is 0. The Bertz CT molecular complexity index is 126. The largest absolute Gasteiger partial charge is 0.327 e. The van der Waals surface area contributed by atoms with Gasteiger partial charge >= 0.3 is 0 Å². The fraction of sp³-hybridized carbons (Fsp3) is 1.00. The van der Waals surface area contributed by atoms with Crippen molar-refractivity contribution in [2.24, 2.45) is 5.73 Å². The molecule has 0 rings (SSSR count). The van der Waals surface area contributed by atoms with Crippen LogP contribution >= 0.6 is 0 Å². The Hall–Kier alpha value is -0.0800. The highest BCUT2D eigenvalue weighted by Gasteiger charge is 2.00. The highest BCUT2D eigenvalue weighted by Crippen LogP contribution is 2.04. The number of nitrogens with two attached hydrogens (primary N) is 1. The average molecular weight is 228 g/mol. The molecule has 1 atom stereocenters. The molecule has 2 heteroatoms. The maximum absolute atomic E-state index is 6.03. The van der Waals surface area contributed by atoms with Crippen LogP contribution in [-0.4, -0.2) is 19.1 Å². The number of hydrogen-bond donors (Lipinski definition) is 2. The van der Waals surface area contributed by atoms with Crippen LogP contribution in [0.5, 0.6) is 0 Å². The van der Waals surface area contributed by atoms with Crippen molar-refractivity contribution in [1.82, 2.24) is 5.32 Å². The monoisotopic (exact) mass is 228 g/mol.